The molecule has 0 aliphatic rings. The number of hydrogen-bond donors (Lipinski definition) is 2. The van der Waals surface area contributed by atoms with Crippen LogP contribution in [0.15, 0.2) is 97.1 Å². The average Bonchev–Trinajstić information content (AvgIpc) is 2.91. The molecule has 0 unspecified atom stereocenters. The van der Waals surface area contributed by atoms with Crippen LogP contribution in [0.5, 0.6) is 17.2 Å². The second-order valence-electron chi connectivity index (χ2n) is 7.89. The summed E-state index contributed by atoms with van der Waals surface area (Å²) in [6, 6.07) is 29.7. The van der Waals surface area contributed by atoms with E-state index in [0.717, 1.165) is 22.4 Å². The fraction of sp³-hybridized carbons (Fsp3) is 0.161. The second-order valence-corrected chi connectivity index (χ2v) is 7.89. The third-order valence-corrected chi connectivity index (χ3v) is 4.88. The molecular weight excluding hydrogens is 450 g/mol. The first kappa shape index (κ1) is 27.9. The van der Waals surface area contributed by atoms with Gasteiger partial charge in [0.1, 0.15) is 17.2 Å². The average molecular weight is 484 g/mol. The van der Waals surface area contributed by atoms with Gasteiger partial charge < -0.3 is 15.2 Å². The molecule has 5 heteroatoms. The Morgan fingerprint density at radius 3 is 2.00 bits per heavy atom. The molecule has 0 bridgehead atoms. The molecule has 36 heavy (non-hydrogen) atoms. The van der Waals surface area contributed by atoms with Gasteiger partial charge in [-0.3, -0.25) is 9.59 Å². The van der Waals surface area contributed by atoms with Crippen molar-refractivity contribution in [2.75, 3.05) is 12.4 Å². The number of phenolic OH excluding ortho intramolecular Hbond substituents is 1. The van der Waals surface area contributed by atoms with E-state index in [-0.39, 0.29) is 17.1 Å². The summed E-state index contributed by atoms with van der Waals surface area (Å²) in [7, 11) is 1.83. The highest BCUT2D eigenvalue weighted by molar-refractivity contribution is 6.00. The number of phenols is 1. The number of para-hydroxylation sites is 1. The van der Waals surface area contributed by atoms with Crippen LogP contribution in [0.25, 0.3) is 11.1 Å². The number of rotatable bonds is 6. The number of Topliss-reactive ketones (excluding diaryl/α,β-unsaturated/α-hetero) is 1. The molecule has 4 rings (SSSR count). The number of ketones is 1. The zero-order valence-corrected chi connectivity index (χ0v) is 21.2. The number of anilines is 1. The van der Waals surface area contributed by atoms with Crippen LogP contribution in [0.4, 0.5) is 5.69 Å². The van der Waals surface area contributed by atoms with Gasteiger partial charge in [-0.15, -0.1) is 0 Å². The quantitative estimate of drug-likeness (QED) is 0.215. The fourth-order valence-corrected chi connectivity index (χ4v) is 3.18. The van der Waals surface area contributed by atoms with E-state index in [1.807, 2.05) is 73.8 Å². The van der Waals surface area contributed by atoms with E-state index in [1.54, 1.807) is 13.0 Å². The van der Waals surface area contributed by atoms with Gasteiger partial charge in [0.15, 0.2) is 12.1 Å². The van der Waals surface area contributed by atoms with Crippen LogP contribution in [0.1, 0.15) is 47.9 Å². The van der Waals surface area contributed by atoms with Crippen molar-refractivity contribution in [3.8, 4) is 28.4 Å². The van der Waals surface area contributed by atoms with E-state index in [9.17, 15) is 14.7 Å². The summed E-state index contributed by atoms with van der Waals surface area (Å²) in [6.07, 6.45) is 1.84. The maximum atomic E-state index is 11.4. The summed E-state index contributed by atoms with van der Waals surface area (Å²) in [4.78, 5) is 22.0. The van der Waals surface area contributed by atoms with Crippen LogP contribution in [-0.4, -0.2) is 24.2 Å². The van der Waals surface area contributed by atoms with Crippen molar-refractivity contribution in [2.45, 2.75) is 27.2 Å². The molecule has 0 aliphatic carbocycles. The van der Waals surface area contributed by atoms with Crippen LogP contribution in [0.3, 0.4) is 0 Å². The molecule has 4 aromatic carbocycles. The van der Waals surface area contributed by atoms with E-state index < -0.39 is 0 Å². The Labute approximate surface area is 213 Å². The highest BCUT2D eigenvalue weighted by Gasteiger charge is 2.07. The number of benzene rings is 4. The number of nitrogens with one attached hydrogen (secondary N) is 1. The van der Waals surface area contributed by atoms with E-state index in [1.165, 1.54) is 18.6 Å². The molecule has 0 amide bonds. The Morgan fingerprint density at radius 2 is 1.44 bits per heavy atom. The first-order chi connectivity index (χ1) is 17.4. The van der Waals surface area contributed by atoms with E-state index in [4.69, 9.17) is 4.74 Å². The van der Waals surface area contributed by atoms with Gasteiger partial charge in [0.2, 0.25) is 0 Å². The molecular formula is C31H33NO4. The summed E-state index contributed by atoms with van der Waals surface area (Å²) >= 11 is 0. The van der Waals surface area contributed by atoms with Crippen LogP contribution < -0.4 is 10.1 Å². The topological polar surface area (TPSA) is 75.6 Å². The lowest BCUT2D eigenvalue weighted by molar-refractivity contribution is 0.101. The summed E-state index contributed by atoms with van der Waals surface area (Å²) in [5, 5.41) is 12.4. The minimum atomic E-state index is -0.0459. The molecule has 0 atom stereocenters. The largest absolute Gasteiger partial charge is 0.507 e. The van der Waals surface area contributed by atoms with Gasteiger partial charge in [-0.25, -0.2) is 0 Å². The number of hydrogen-bond acceptors (Lipinski definition) is 5. The smallest absolute Gasteiger partial charge is 0.161 e. The molecule has 186 valence electrons. The van der Waals surface area contributed by atoms with Gasteiger partial charge in [0, 0.05) is 18.3 Å². The van der Waals surface area contributed by atoms with Crippen LogP contribution >= 0.6 is 0 Å². The van der Waals surface area contributed by atoms with Crippen molar-refractivity contribution in [1.29, 1.82) is 0 Å². The number of carbonyl (C=O) groups excluding carboxylic acids is 2. The van der Waals surface area contributed by atoms with Gasteiger partial charge in [-0.1, -0.05) is 74.9 Å². The summed E-state index contributed by atoms with van der Waals surface area (Å²) in [5.41, 5.74) is 4.08. The summed E-state index contributed by atoms with van der Waals surface area (Å²) < 4.78 is 5.51. The SMILES string of the molecule is CCC.CNc1cc(-c2ccccc2)ccc1C(C)=O.O=Cc1cc(Oc2ccccc2)ccc1O. The Morgan fingerprint density at radius 1 is 0.833 bits per heavy atom. The van der Waals surface area contributed by atoms with Gasteiger partial charge >= 0.3 is 0 Å². The Balaban J connectivity index is 0.000000229. The monoisotopic (exact) mass is 483 g/mol. The normalized spacial score (nSPS) is 9.56. The van der Waals surface area contributed by atoms with Crippen molar-refractivity contribution in [3.05, 3.63) is 108 Å². The van der Waals surface area contributed by atoms with Crippen LogP contribution in [0, 0.1) is 0 Å². The van der Waals surface area contributed by atoms with Crippen molar-refractivity contribution in [2.24, 2.45) is 0 Å². The fourth-order valence-electron chi connectivity index (χ4n) is 3.18. The number of aldehydes is 1. The molecule has 0 spiro atoms. The minimum absolute atomic E-state index is 0.0459. The molecule has 0 radical (unpaired) electrons. The molecule has 0 fully saturated rings. The third kappa shape index (κ3) is 8.44. The number of carbonyl (C=O) groups is 2. The molecule has 0 aromatic heterocycles. The molecule has 0 saturated heterocycles. The zero-order valence-electron chi connectivity index (χ0n) is 21.2. The van der Waals surface area contributed by atoms with E-state index >= 15 is 0 Å². The van der Waals surface area contributed by atoms with E-state index in [2.05, 4.69) is 31.3 Å². The van der Waals surface area contributed by atoms with Crippen LogP contribution in [0.2, 0.25) is 0 Å². The van der Waals surface area contributed by atoms with Gasteiger partial charge in [-0.2, -0.15) is 0 Å². The predicted molar refractivity (Wildman–Crippen MR) is 147 cm³/mol. The lowest BCUT2D eigenvalue weighted by Gasteiger charge is -2.09. The maximum Gasteiger partial charge on any atom is 0.161 e. The van der Waals surface area contributed by atoms with E-state index in [0.29, 0.717) is 17.8 Å². The van der Waals surface area contributed by atoms with Gasteiger partial charge in [0.05, 0.1) is 5.56 Å². The molecule has 4 aromatic rings. The number of ether oxygens (including phenoxy) is 1. The van der Waals surface area contributed by atoms with Crippen molar-refractivity contribution >= 4 is 17.8 Å². The molecule has 0 aliphatic heterocycles. The third-order valence-electron chi connectivity index (χ3n) is 4.88. The van der Waals surface area contributed by atoms with Gasteiger partial charge in [0.25, 0.3) is 0 Å². The molecule has 2 N–H and O–H groups in total. The minimum Gasteiger partial charge on any atom is -0.507 e. The zero-order chi connectivity index (χ0) is 26.3. The Bertz CT molecular complexity index is 1240. The highest BCUT2D eigenvalue weighted by Crippen LogP contribution is 2.26. The molecule has 0 heterocycles. The Kier molecular flexibility index (Phi) is 11.4. The lowest BCUT2D eigenvalue weighted by Crippen LogP contribution is -2.00. The highest BCUT2D eigenvalue weighted by atomic mass is 16.5. The van der Waals surface area contributed by atoms with Crippen molar-refractivity contribution in [1.82, 2.24) is 0 Å². The van der Waals surface area contributed by atoms with Crippen LogP contribution in [-0.2, 0) is 0 Å². The summed E-state index contributed by atoms with van der Waals surface area (Å²) in [6.45, 7) is 5.83. The number of aromatic hydroxyl groups is 1. The second kappa shape index (κ2) is 14.8. The predicted octanol–water partition coefficient (Wildman–Crippen LogP) is 8.01. The van der Waals surface area contributed by atoms with Crippen molar-refractivity contribution < 1.29 is 19.4 Å². The van der Waals surface area contributed by atoms with Crippen molar-refractivity contribution in [3.63, 3.8) is 0 Å². The standard InChI is InChI=1S/C15H15NO.C13H10O3.C3H8/c1-11(17)14-9-8-13(10-15(14)16-2)12-6-4-3-5-7-12;14-9-10-8-12(6-7-13(10)15)16-11-4-2-1-3-5-11;1-3-2/h3-10,16H,1-2H3;1-9,15H;3H2,1-2H3. The lowest BCUT2D eigenvalue weighted by atomic mass is 10.0. The first-order valence-corrected chi connectivity index (χ1v) is 11.8. The Hall–Kier alpha value is -4.38. The molecule has 0 saturated carbocycles. The molecule has 5 nitrogen and oxygen atoms in total. The maximum absolute atomic E-state index is 11.4. The first-order valence-electron chi connectivity index (χ1n) is 11.8. The summed E-state index contributed by atoms with van der Waals surface area (Å²) in [5.74, 6) is 1.24. The van der Waals surface area contributed by atoms with Gasteiger partial charge in [-0.05, 0) is 60.5 Å².